The summed E-state index contributed by atoms with van der Waals surface area (Å²) in [5.74, 6) is -0.467. The minimum absolute atomic E-state index is 0.0438. The Balaban J connectivity index is 4.36. The van der Waals surface area contributed by atoms with Crippen molar-refractivity contribution in [1.82, 2.24) is 0 Å². The van der Waals surface area contributed by atoms with Crippen LogP contribution in [0, 0.1) is 0 Å². The number of esters is 1. The van der Waals surface area contributed by atoms with E-state index in [9.17, 15) is 19.4 Å². The van der Waals surface area contributed by atoms with Gasteiger partial charge in [-0.05, 0) is 63.9 Å². The van der Waals surface area contributed by atoms with Crippen molar-refractivity contribution in [3.8, 4) is 0 Å². The van der Waals surface area contributed by atoms with Crippen LogP contribution in [-0.4, -0.2) is 54.5 Å². The SMILES string of the molecule is CCCCCC=CCC=CC=CC(O)CC=CCCCC(=O)OC(COC=CCC=CCCCCCCCCCCCCC)COP(=O)(O)OCCN. The minimum atomic E-state index is -4.34. The number of rotatable bonds is 38. The second-order valence-corrected chi connectivity index (χ2v) is 14.9. The summed E-state index contributed by atoms with van der Waals surface area (Å²) in [6.07, 6.45) is 46.1. The van der Waals surface area contributed by atoms with Crippen molar-refractivity contribution >= 4 is 13.8 Å². The van der Waals surface area contributed by atoms with Crippen LogP contribution in [0.2, 0.25) is 0 Å². The van der Waals surface area contributed by atoms with Crippen molar-refractivity contribution in [3.63, 3.8) is 0 Å². The molecule has 0 saturated carbocycles. The van der Waals surface area contributed by atoms with Crippen LogP contribution < -0.4 is 5.73 Å². The second-order valence-electron chi connectivity index (χ2n) is 13.4. The third-order valence-electron chi connectivity index (χ3n) is 8.27. The largest absolute Gasteiger partial charge is 0.498 e. The molecule has 0 aliphatic carbocycles. The highest BCUT2D eigenvalue weighted by atomic mass is 31.2. The molecule has 306 valence electrons. The van der Waals surface area contributed by atoms with Crippen molar-refractivity contribution in [2.75, 3.05) is 26.4 Å². The Morgan fingerprint density at radius 3 is 1.91 bits per heavy atom. The van der Waals surface area contributed by atoms with Crippen molar-refractivity contribution in [3.05, 3.63) is 73.1 Å². The van der Waals surface area contributed by atoms with E-state index in [1.165, 1.54) is 96.2 Å². The predicted molar refractivity (Wildman–Crippen MR) is 220 cm³/mol. The van der Waals surface area contributed by atoms with Gasteiger partial charge in [-0.2, -0.15) is 0 Å². The first-order chi connectivity index (χ1) is 25.8. The number of aliphatic hydroxyl groups excluding tert-OH is 1. The van der Waals surface area contributed by atoms with Crippen LogP contribution in [0.1, 0.15) is 155 Å². The zero-order valence-electron chi connectivity index (χ0n) is 33.3. The van der Waals surface area contributed by atoms with Gasteiger partial charge in [-0.25, -0.2) is 4.57 Å². The molecule has 0 aliphatic heterocycles. The quantitative estimate of drug-likeness (QED) is 0.0140. The molecule has 0 aliphatic rings. The first kappa shape index (κ1) is 50.7. The first-order valence-corrected chi connectivity index (χ1v) is 22.1. The first-order valence-electron chi connectivity index (χ1n) is 20.6. The van der Waals surface area contributed by atoms with Crippen LogP contribution in [0.25, 0.3) is 0 Å². The molecule has 0 bridgehead atoms. The second kappa shape index (κ2) is 39.4. The monoisotopic (exact) mass is 766 g/mol. The normalized spacial score (nSPS) is 14.8. The van der Waals surface area contributed by atoms with Crippen LogP contribution >= 0.6 is 7.82 Å². The molecule has 0 radical (unpaired) electrons. The van der Waals surface area contributed by atoms with Gasteiger partial charge in [-0.3, -0.25) is 13.8 Å². The molecule has 0 aromatic rings. The lowest BCUT2D eigenvalue weighted by molar-refractivity contribution is -0.153. The van der Waals surface area contributed by atoms with Gasteiger partial charge in [-0.15, -0.1) is 0 Å². The lowest BCUT2D eigenvalue weighted by Crippen LogP contribution is -2.27. The zero-order valence-corrected chi connectivity index (χ0v) is 34.2. The minimum Gasteiger partial charge on any atom is -0.498 e. The van der Waals surface area contributed by atoms with Crippen molar-refractivity contribution in [2.24, 2.45) is 5.73 Å². The molecule has 0 amide bonds. The summed E-state index contributed by atoms with van der Waals surface area (Å²) < 4.78 is 32.9. The highest BCUT2D eigenvalue weighted by Crippen LogP contribution is 2.43. The molecule has 0 fully saturated rings. The topological polar surface area (TPSA) is 138 Å². The van der Waals surface area contributed by atoms with Crippen LogP contribution in [0.3, 0.4) is 0 Å². The Bertz CT molecular complexity index is 1050. The number of phosphoric ester groups is 1. The molecule has 0 aromatic carbocycles. The number of nitrogens with two attached hydrogens (primary N) is 1. The number of hydrogen-bond donors (Lipinski definition) is 3. The number of aliphatic hydroxyl groups is 1. The molecule has 53 heavy (non-hydrogen) atoms. The summed E-state index contributed by atoms with van der Waals surface area (Å²) in [7, 11) is -4.34. The van der Waals surface area contributed by atoms with Gasteiger partial charge >= 0.3 is 13.8 Å². The third-order valence-corrected chi connectivity index (χ3v) is 9.26. The van der Waals surface area contributed by atoms with Crippen LogP contribution in [0.5, 0.6) is 0 Å². The molecule has 3 unspecified atom stereocenters. The predicted octanol–water partition coefficient (Wildman–Crippen LogP) is 11.3. The zero-order chi connectivity index (χ0) is 38.9. The molecular weight excluding hydrogens is 689 g/mol. The van der Waals surface area contributed by atoms with E-state index in [0.29, 0.717) is 25.7 Å². The van der Waals surface area contributed by atoms with Crippen molar-refractivity contribution in [1.29, 1.82) is 0 Å². The van der Waals surface area contributed by atoms with E-state index in [1.54, 1.807) is 6.08 Å². The van der Waals surface area contributed by atoms with Crippen LogP contribution in [0.4, 0.5) is 0 Å². The average Bonchev–Trinajstić information content (AvgIpc) is 3.14. The smallest absolute Gasteiger partial charge is 0.472 e. The Morgan fingerprint density at radius 2 is 1.25 bits per heavy atom. The molecule has 4 N–H and O–H groups in total. The van der Waals surface area contributed by atoms with E-state index in [1.807, 2.05) is 30.4 Å². The molecule has 10 heteroatoms. The Kier molecular flexibility index (Phi) is 37.8. The summed E-state index contributed by atoms with van der Waals surface area (Å²) in [6.45, 7) is 3.97. The number of phosphoric acid groups is 1. The van der Waals surface area contributed by atoms with Gasteiger partial charge in [0.1, 0.15) is 6.61 Å². The summed E-state index contributed by atoms with van der Waals surface area (Å²) in [4.78, 5) is 22.4. The van der Waals surface area contributed by atoms with Crippen LogP contribution in [-0.2, 0) is 27.9 Å². The van der Waals surface area contributed by atoms with E-state index in [0.717, 1.165) is 19.3 Å². The number of carbonyl (C=O) groups is 1. The maximum atomic E-state index is 12.5. The molecular formula is C43H76NO8P. The fourth-order valence-electron chi connectivity index (χ4n) is 5.20. The maximum Gasteiger partial charge on any atom is 0.472 e. The maximum absolute atomic E-state index is 12.5. The fourth-order valence-corrected chi connectivity index (χ4v) is 5.97. The average molecular weight is 766 g/mol. The van der Waals surface area contributed by atoms with Crippen molar-refractivity contribution in [2.45, 2.75) is 167 Å². The molecule has 0 heterocycles. The molecule has 3 atom stereocenters. The van der Waals surface area contributed by atoms with Crippen molar-refractivity contribution < 1.29 is 37.9 Å². The lowest BCUT2D eigenvalue weighted by Gasteiger charge is -2.19. The van der Waals surface area contributed by atoms with Gasteiger partial charge in [0.15, 0.2) is 6.10 Å². The molecule has 9 nitrogen and oxygen atoms in total. The summed E-state index contributed by atoms with van der Waals surface area (Å²) in [5, 5.41) is 10.1. The molecule has 0 aromatic heterocycles. The number of unbranched alkanes of at least 4 members (excludes halogenated alkanes) is 15. The Morgan fingerprint density at radius 1 is 0.679 bits per heavy atom. The van der Waals surface area contributed by atoms with E-state index in [4.69, 9.17) is 24.3 Å². The van der Waals surface area contributed by atoms with Gasteiger partial charge in [0.2, 0.25) is 0 Å². The van der Waals surface area contributed by atoms with Gasteiger partial charge in [0, 0.05) is 13.0 Å². The van der Waals surface area contributed by atoms with Gasteiger partial charge in [0.25, 0.3) is 0 Å². The van der Waals surface area contributed by atoms with Crippen LogP contribution in [0.15, 0.2) is 73.1 Å². The standard InChI is InChI=1S/C43H76NO8P/c1-3-5-7-9-11-13-15-16-17-18-19-20-22-24-28-32-37-49-39-42(40-51-53(47,48)50-38-36-44)52-43(46)35-31-27-26-30-34-41(45)33-29-25-23-21-14-12-10-8-6-4-2/h12,14,22-26,29-30,32-33,37,41-42,45H,3-11,13,15-21,27-28,31,34-36,38-40,44H2,1-2H3,(H,47,48). The number of carbonyl (C=O) groups excluding carboxylic acids is 1. The molecule has 0 rings (SSSR count). The Labute approximate surface area is 323 Å². The summed E-state index contributed by atoms with van der Waals surface area (Å²) in [6, 6.07) is 0. The summed E-state index contributed by atoms with van der Waals surface area (Å²) >= 11 is 0. The van der Waals surface area contributed by atoms with Gasteiger partial charge < -0.3 is 25.2 Å². The van der Waals surface area contributed by atoms with E-state index < -0.39 is 26.0 Å². The highest BCUT2D eigenvalue weighted by molar-refractivity contribution is 7.47. The van der Waals surface area contributed by atoms with Gasteiger partial charge in [0.05, 0.1) is 25.6 Å². The molecule has 0 spiro atoms. The number of ether oxygens (including phenoxy) is 2. The van der Waals surface area contributed by atoms with E-state index in [-0.39, 0.29) is 32.8 Å². The number of hydrogen-bond acceptors (Lipinski definition) is 8. The number of allylic oxidation sites excluding steroid dienone is 9. The summed E-state index contributed by atoms with van der Waals surface area (Å²) in [5.41, 5.74) is 5.34. The van der Waals surface area contributed by atoms with E-state index in [2.05, 4.69) is 44.2 Å². The Hall–Kier alpha value is -2.26. The molecule has 0 saturated heterocycles. The fraction of sp³-hybridized carbons (Fsp3) is 0.698. The van der Waals surface area contributed by atoms with E-state index >= 15 is 0 Å². The lowest BCUT2D eigenvalue weighted by atomic mass is 10.1. The third kappa shape index (κ3) is 39.3. The van der Waals surface area contributed by atoms with Gasteiger partial charge in [-0.1, -0.05) is 152 Å². The highest BCUT2D eigenvalue weighted by Gasteiger charge is 2.25.